The highest BCUT2D eigenvalue weighted by Gasteiger charge is 2.19. The first kappa shape index (κ1) is 22.7. The van der Waals surface area contributed by atoms with E-state index in [0.29, 0.717) is 23.7 Å². The monoisotopic (exact) mass is 473 g/mol. The molecule has 0 radical (unpaired) electrons. The Balaban J connectivity index is 1.27. The third-order valence-electron chi connectivity index (χ3n) is 5.86. The first-order chi connectivity index (χ1) is 15.6. The van der Waals surface area contributed by atoms with Gasteiger partial charge in [0, 0.05) is 65.8 Å². The van der Waals surface area contributed by atoms with E-state index < -0.39 is 0 Å². The lowest BCUT2D eigenvalue weighted by atomic mass is 10.1. The van der Waals surface area contributed by atoms with Gasteiger partial charge in [-0.25, -0.2) is 0 Å². The predicted molar refractivity (Wildman–Crippen MR) is 132 cm³/mol. The Labute approximate surface area is 197 Å². The molecule has 0 bridgehead atoms. The predicted octanol–water partition coefficient (Wildman–Crippen LogP) is 4.69. The number of nitrogens with one attached hydrogen (secondary N) is 1. The second kappa shape index (κ2) is 10.4. The fraction of sp³-hybridized carbons (Fsp3) is 0.375. The van der Waals surface area contributed by atoms with E-state index in [2.05, 4.69) is 44.3 Å². The Morgan fingerprint density at radius 3 is 2.75 bits per heavy atom. The molecule has 2 aromatic carbocycles. The second-order valence-electron chi connectivity index (χ2n) is 7.89. The molecule has 1 aliphatic heterocycles. The van der Waals surface area contributed by atoms with E-state index in [1.54, 1.807) is 30.6 Å². The van der Waals surface area contributed by atoms with E-state index >= 15 is 0 Å². The smallest absolute Gasteiger partial charge is 0.265 e. The van der Waals surface area contributed by atoms with Crippen molar-refractivity contribution < 1.29 is 14.3 Å². The van der Waals surface area contributed by atoms with Gasteiger partial charge in [0.05, 0.1) is 13.7 Å². The molecule has 170 valence electrons. The summed E-state index contributed by atoms with van der Waals surface area (Å²) in [6, 6.07) is 12.2. The Bertz CT molecular complexity index is 1080. The van der Waals surface area contributed by atoms with Gasteiger partial charge in [-0.15, -0.1) is 11.3 Å². The zero-order valence-corrected chi connectivity index (χ0v) is 20.0. The molecule has 6 nitrogen and oxygen atoms in total. The molecule has 1 fully saturated rings. The van der Waals surface area contributed by atoms with Crippen LogP contribution in [0.3, 0.4) is 0 Å². The van der Waals surface area contributed by atoms with Crippen molar-refractivity contribution in [3.05, 3.63) is 52.9 Å². The van der Waals surface area contributed by atoms with Crippen LogP contribution in [0.15, 0.2) is 41.8 Å². The molecule has 1 amide bonds. The molecule has 3 aromatic rings. The minimum absolute atomic E-state index is 0.367. The third kappa shape index (κ3) is 4.95. The number of benzene rings is 2. The molecule has 0 saturated carbocycles. The zero-order chi connectivity index (χ0) is 22.5. The van der Waals surface area contributed by atoms with Crippen molar-refractivity contribution in [2.45, 2.75) is 13.3 Å². The molecular formula is C24H28ClN3O3S. The normalized spacial score (nSPS) is 14.5. The Kier molecular flexibility index (Phi) is 7.40. The quantitative estimate of drug-likeness (QED) is 0.380. The van der Waals surface area contributed by atoms with Crippen molar-refractivity contribution in [1.82, 2.24) is 9.74 Å². The van der Waals surface area contributed by atoms with Crippen LogP contribution in [-0.2, 0) is 0 Å². The number of methoxy groups -OCH3 is 1. The van der Waals surface area contributed by atoms with Gasteiger partial charge in [0.25, 0.3) is 5.91 Å². The summed E-state index contributed by atoms with van der Waals surface area (Å²) < 4.78 is 12.8. The van der Waals surface area contributed by atoms with Gasteiger partial charge in [0.1, 0.15) is 0 Å². The van der Waals surface area contributed by atoms with Crippen molar-refractivity contribution >= 4 is 44.8 Å². The van der Waals surface area contributed by atoms with Gasteiger partial charge in [0.2, 0.25) is 0 Å². The van der Waals surface area contributed by atoms with Gasteiger partial charge < -0.3 is 14.4 Å². The van der Waals surface area contributed by atoms with Crippen LogP contribution in [0.1, 0.15) is 22.3 Å². The van der Waals surface area contributed by atoms with Crippen LogP contribution in [0, 0.1) is 6.92 Å². The number of hydrogen-bond donors (Lipinski definition) is 1. The van der Waals surface area contributed by atoms with Crippen LogP contribution in [0.4, 0.5) is 5.69 Å². The number of piperazine rings is 1. The van der Waals surface area contributed by atoms with Crippen molar-refractivity contribution in [3.8, 4) is 11.5 Å². The summed E-state index contributed by atoms with van der Waals surface area (Å²) in [5.41, 5.74) is 2.63. The first-order valence-corrected chi connectivity index (χ1v) is 12.0. The number of amides is 1. The number of rotatable bonds is 8. The van der Waals surface area contributed by atoms with Crippen LogP contribution in [0.2, 0.25) is 0 Å². The fourth-order valence-corrected chi connectivity index (χ4v) is 5.11. The molecule has 4 rings (SSSR count). The van der Waals surface area contributed by atoms with Crippen LogP contribution < -0.4 is 19.2 Å². The number of anilines is 1. The molecule has 0 spiro atoms. The minimum atomic E-state index is -0.367. The van der Waals surface area contributed by atoms with Gasteiger partial charge in [-0.3, -0.25) is 14.5 Å². The van der Waals surface area contributed by atoms with Crippen molar-refractivity contribution in [1.29, 1.82) is 0 Å². The van der Waals surface area contributed by atoms with Crippen molar-refractivity contribution in [2.24, 2.45) is 0 Å². The highest BCUT2D eigenvalue weighted by Crippen LogP contribution is 2.33. The highest BCUT2D eigenvalue weighted by molar-refractivity contribution is 7.17. The van der Waals surface area contributed by atoms with E-state index in [4.69, 9.17) is 21.3 Å². The Morgan fingerprint density at radius 1 is 1.19 bits per heavy atom. The number of carbonyl (C=O) groups excluding carboxylic acids is 1. The maximum Gasteiger partial charge on any atom is 0.265 e. The summed E-state index contributed by atoms with van der Waals surface area (Å²) in [7, 11) is 1.57. The molecule has 1 N–H and O–H groups in total. The van der Waals surface area contributed by atoms with Gasteiger partial charge >= 0.3 is 0 Å². The molecule has 1 saturated heterocycles. The maximum atomic E-state index is 11.8. The van der Waals surface area contributed by atoms with Crippen LogP contribution >= 0.6 is 23.1 Å². The van der Waals surface area contributed by atoms with E-state index in [1.165, 1.54) is 15.8 Å². The van der Waals surface area contributed by atoms with Crippen molar-refractivity contribution in [3.63, 3.8) is 0 Å². The van der Waals surface area contributed by atoms with Crippen LogP contribution in [0.5, 0.6) is 11.5 Å². The fourth-order valence-electron chi connectivity index (χ4n) is 4.19. The summed E-state index contributed by atoms with van der Waals surface area (Å²) in [5, 5.41) is 3.53. The number of nitrogens with zero attached hydrogens (tertiary/aromatic N) is 2. The van der Waals surface area contributed by atoms with E-state index in [1.807, 2.05) is 6.92 Å². The van der Waals surface area contributed by atoms with E-state index in [9.17, 15) is 4.79 Å². The summed E-state index contributed by atoms with van der Waals surface area (Å²) in [4.78, 5) is 18.9. The van der Waals surface area contributed by atoms with Gasteiger partial charge in [-0.05, 0) is 54.6 Å². The molecule has 0 atom stereocenters. The van der Waals surface area contributed by atoms with Crippen molar-refractivity contribution in [2.75, 3.05) is 51.3 Å². The van der Waals surface area contributed by atoms with Crippen LogP contribution in [-0.4, -0.2) is 57.2 Å². The molecule has 0 aliphatic carbocycles. The van der Waals surface area contributed by atoms with E-state index in [-0.39, 0.29) is 5.91 Å². The molecular weight excluding hydrogens is 446 g/mol. The third-order valence-corrected chi connectivity index (χ3v) is 6.91. The number of thiophene rings is 1. The molecule has 1 aromatic heterocycles. The first-order valence-electron chi connectivity index (χ1n) is 10.8. The lowest BCUT2D eigenvalue weighted by Gasteiger charge is -2.36. The molecule has 2 heterocycles. The number of carbonyl (C=O) groups is 1. The summed E-state index contributed by atoms with van der Waals surface area (Å²) in [5.74, 6) is 0.845. The Hall–Kier alpha value is -2.48. The number of halogens is 1. The molecule has 1 aliphatic rings. The Morgan fingerprint density at radius 2 is 2.00 bits per heavy atom. The number of ether oxygens (including phenoxy) is 2. The second-order valence-corrected chi connectivity index (χ2v) is 9.03. The average Bonchev–Trinajstić information content (AvgIpc) is 3.31. The van der Waals surface area contributed by atoms with E-state index in [0.717, 1.165) is 44.7 Å². The highest BCUT2D eigenvalue weighted by atomic mass is 35.5. The lowest BCUT2D eigenvalue weighted by Crippen LogP contribution is -2.46. The average molecular weight is 474 g/mol. The summed E-state index contributed by atoms with van der Waals surface area (Å²) in [6.07, 6.45) is 0.923. The standard InChI is InChI=1S/C24H28ClN3O3S/c1-17-15-18(24(29)26-25)16-21(30-2)23(17)31-13-4-8-27-9-11-28(12-10-27)20-5-3-6-22-19(20)7-14-32-22/h3,5-7,14-16H,4,8-13H2,1-2H3,(H,26,29). The molecule has 8 heteroatoms. The van der Waals surface area contributed by atoms with Gasteiger partial charge in [-0.1, -0.05) is 6.07 Å². The summed E-state index contributed by atoms with van der Waals surface area (Å²) in [6.45, 7) is 7.64. The topological polar surface area (TPSA) is 54.0 Å². The minimum Gasteiger partial charge on any atom is -0.493 e. The molecule has 0 unspecified atom stereocenters. The largest absolute Gasteiger partial charge is 0.493 e. The van der Waals surface area contributed by atoms with Crippen LogP contribution in [0.25, 0.3) is 10.1 Å². The number of fused-ring (bicyclic) bond motifs is 1. The van der Waals surface area contributed by atoms with Gasteiger partial charge in [-0.2, -0.15) is 0 Å². The maximum absolute atomic E-state index is 11.8. The summed E-state index contributed by atoms with van der Waals surface area (Å²) >= 11 is 7.23. The zero-order valence-electron chi connectivity index (χ0n) is 18.4. The lowest BCUT2D eigenvalue weighted by molar-refractivity contribution is 0.0981. The molecule has 32 heavy (non-hydrogen) atoms. The SMILES string of the molecule is COc1cc(C(=O)NCl)cc(C)c1OCCCN1CCN(c2cccc3sccc23)CC1. The number of aryl methyl sites for hydroxylation is 1. The van der Waals surface area contributed by atoms with Gasteiger partial charge in [0.15, 0.2) is 11.5 Å². The number of hydrogen-bond acceptors (Lipinski definition) is 6.